The molecule has 10 heteroatoms. The van der Waals surface area contributed by atoms with E-state index in [0.29, 0.717) is 15.0 Å². The summed E-state index contributed by atoms with van der Waals surface area (Å²) >= 11 is 2.55. The van der Waals surface area contributed by atoms with E-state index in [1.54, 1.807) is 12.1 Å². The van der Waals surface area contributed by atoms with E-state index in [0.717, 1.165) is 17.1 Å². The summed E-state index contributed by atoms with van der Waals surface area (Å²) in [5.41, 5.74) is 8.57. The molecule has 0 saturated carbocycles. The third-order valence-corrected chi connectivity index (χ3v) is 6.02. The Kier molecular flexibility index (Phi) is 5.99. The van der Waals surface area contributed by atoms with Crippen LogP contribution >= 0.6 is 23.1 Å². The van der Waals surface area contributed by atoms with Crippen molar-refractivity contribution < 1.29 is 18.3 Å². The number of aryl methyl sites for hydroxylation is 1. The molecule has 2 aromatic heterocycles. The Morgan fingerprint density at radius 2 is 1.93 bits per heavy atom. The van der Waals surface area contributed by atoms with Gasteiger partial charge in [-0.3, -0.25) is 4.79 Å². The minimum atomic E-state index is -2.87. The van der Waals surface area contributed by atoms with Gasteiger partial charge in [0.15, 0.2) is 10.1 Å². The van der Waals surface area contributed by atoms with Crippen molar-refractivity contribution in [2.24, 2.45) is 0 Å². The molecule has 0 saturated heterocycles. The van der Waals surface area contributed by atoms with Crippen LogP contribution in [0.5, 0.6) is 5.75 Å². The largest absolute Gasteiger partial charge is 0.435 e. The zero-order valence-electron chi connectivity index (χ0n) is 15.3. The number of nitrogen functional groups attached to an aromatic ring is 1. The maximum atomic E-state index is 12.9. The second-order valence-corrected chi connectivity index (χ2v) is 8.62. The molecule has 1 unspecified atom stereocenters. The van der Waals surface area contributed by atoms with Crippen LogP contribution in [0.25, 0.3) is 5.69 Å². The van der Waals surface area contributed by atoms with Crippen LogP contribution in [0, 0.1) is 13.8 Å². The Hall–Kier alpha value is -2.46. The summed E-state index contributed by atoms with van der Waals surface area (Å²) in [7, 11) is 0. The number of hydrogen-bond acceptors (Lipinski definition) is 7. The SMILES string of the molecule is Cc1cc(C(=O)C(C)Sc2nnc(N)s2)c(C)n1-c1ccc(OC(F)F)cc1. The molecule has 0 fully saturated rings. The van der Waals surface area contributed by atoms with Gasteiger partial charge in [-0.05, 0) is 51.1 Å². The van der Waals surface area contributed by atoms with Gasteiger partial charge in [0.25, 0.3) is 0 Å². The molecule has 28 heavy (non-hydrogen) atoms. The lowest BCUT2D eigenvalue weighted by molar-refractivity contribution is -0.0498. The molecular weight excluding hydrogens is 406 g/mol. The van der Waals surface area contributed by atoms with Crippen molar-refractivity contribution >= 4 is 34.0 Å². The smallest absolute Gasteiger partial charge is 0.387 e. The minimum absolute atomic E-state index is 0.0317. The number of thioether (sulfide) groups is 1. The first-order chi connectivity index (χ1) is 13.3. The summed E-state index contributed by atoms with van der Waals surface area (Å²) in [6.45, 7) is 2.68. The molecule has 1 atom stereocenters. The number of Topliss-reactive ketones (excluding diaryl/α,β-unsaturated/α-hetero) is 1. The Morgan fingerprint density at radius 3 is 2.50 bits per heavy atom. The van der Waals surface area contributed by atoms with Crippen LogP contribution in [0.1, 0.15) is 28.7 Å². The molecular formula is C18H18F2N4O2S2. The Labute approximate surface area is 168 Å². The van der Waals surface area contributed by atoms with Crippen molar-refractivity contribution in [1.29, 1.82) is 0 Å². The number of carbonyl (C=O) groups excluding carboxylic acids is 1. The number of halogens is 2. The van der Waals surface area contributed by atoms with Crippen LogP contribution in [0.4, 0.5) is 13.9 Å². The number of aromatic nitrogens is 3. The van der Waals surface area contributed by atoms with E-state index in [4.69, 9.17) is 5.73 Å². The summed E-state index contributed by atoms with van der Waals surface area (Å²) in [5.74, 6) is 0.0506. The first kappa shape index (κ1) is 20.3. The Balaban J connectivity index is 1.83. The number of alkyl halides is 2. The number of ketones is 1. The molecule has 1 aromatic carbocycles. The molecule has 6 nitrogen and oxygen atoms in total. The summed E-state index contributed by atoms with van der Waals surface area (Å²) in [5, 5.41) is 7.69. The van der Waals surface area contributed by atoms with Crippen molar-refractivity contribution in [2.45, 2.75) is 37.0 Å². The monoisotopic (exact) mass is 424 g/mol. The molecule has 0 amide bonds. The van der Waals surface area contributed by atoms with E-state index in [1.165, 1.54) is 35.2 Å². The molecule has 0 radical (unpaired) electrons. The number of anilines is 1. The lowest BCUT2D eigenvalue weighted by atomic mass is 10.1. The average molecular weight is 424 g/mol. The highest BCUT2D eigenvalue weighted by atomic mass is 32.2. The van der Waals surface area contributed by atoms with Crippen LogP contribution in [-0.4, -0.2) is 32.4 Å². The fourth-order valence-corrected chi connectivity index (χ4v) is 4.73. The first-order valence-corrected chi connectivity index (χ1v) is 10.00. The van der Waals surface area contributed by atoms with Gasteiger partial charge in [-0.1, -0.05) is 23.1 Å². The zero-order chi connectivity index (χ0) is 20.4. The normalized spacial score (nSPS) is 12.4. The van der Waals surface area contributed by atoms with Crippen LogP contribution in [0.3, 0.4) is 0 Å². The topological polar surface area (TPSA) is 83.0 Å². The second-order valence-electron chi connectivity index (χ2n) is 6.02. The van der Waals surface area contributed by atoms with Gasteiger partial charge in [0.1, 0.15) is 5.75 Å². The maximum Gasteiger partial charge on any atom is 0.387 e. The van der Waals surface area contributed by atoms with Gasteiger partial charge in [0.2, 0.25) is 5.13 Å². The van der Waals surface area contributed by atoms with E-state index in [2.05, 4.69) is 14.9 Å². The lowest BCUT2D eigenvalue weighted by Gasteiger charge is -2.12. The first-order valence-electron chi connectivity index (χ1n) is 8.30. The van der Waals surface area contributed by atoms with Crippen molar-refractivity contribution in [1.82, 2.24) is 14.8 Å². The molecule has 0 bridgehead atoms. The van der Waals surface area contributed by atoms with Crippen molar-refractivity contribution in [3.05, 3.63) is 47.3 Å². The van der Waals surface area contributed by atoms with Crippen molar-refractivity contribution in [3.8, 4) is 11.4 Å². The van der Waals surface area contributed by atoms with Crippen molar-refractivity contribution in [2.75, 3.05) is 5.73 Å². The zero-order valence-corrected chi connectivity index (χ0v) is 17.0. The highest BCUT2D eigenvalue weighted by Crippen LogP contribution is 2.31. The molecule has 2 heterocycles. The van der Waals surface area contributed by atoms with Gasteiger partial charge in [0, 0.05) is 22.6 Å². The van der Waals surface area contributed by atoms with E-state index < -0.39 is 6.61 Å². The Morgan fingerprint density at radius 1 is 1.25 bits per heavy atom. The highest BCUT2D eigenvalue weighted by molar-refractivity contribution is 8.02. The van der Waals surface area contributed by atoms with Crippen LogP contribution in [-0.2, 0) is 0 Å². The van der Waals surface area contributed by atoms with Gasteiger partial charge in [-0.25, -0.2) is 0 Å². The highest BCUT2D eigenvalue weighted by Gasteiger charge is 2.23. The van der Waals surface area contributed by atoms with Gasteiger partial charge in [-0.2, -0.15) is 8.78 Å². The van der Waals surface area contributed by atoms with Gasteiger partial charge < -0.3 is 15.0 Å². The third-order valence-electron chi connectivity index (χ3n) is 4.09. The Bertz CT molecular complexity index is 986. The maximum absolute atomic E-state index is 12.9. The van der Waals surface area contributed by atoms with E-state index >= 15 is 0 Å². The molecule has 0 aliphatic rings. The number of benzene rings is 1. The number of carbonyl (C=O) groups is 1. The minimum Gasteiger partial charge on any atom is -0.435 e. The van der Waals surface area contributed by atoms with Gasteiger partial charge >= 0.3 is 6.61 Å². The molecule has 2 N–H and O–H groups in total. The molecule has 148 valence electrons. The number of nitrogens with zero attached hydrogens (tertiary/aromatic N) is 3. The fourth-order valence-electron chi connectivity index (χ4n) is 2.88. The summed E-state index contributed by atoms with van der Waals surface area (Å²) in [6, 6.07) is 8.12. The summed E-state index contributed by atoms with van der Waals surface area (Å²) in [6.07, 6.45) is 0. The van der Waals surface area contributed by atoms with Gasteiger partial charge in [0.05, 0.1) is 5.25 Å². The molecule has 0 aliphatic carbocycles. The second kappa shape index (κ2) is 8.27. The van der Waals surface area contributed by atoms with Crippen LogP contribution in [0.2, 0.25) is 0 Å². The standard InChI is InChI=1S/C18H18F2N4O2S2/c1-9-8-14(15(25)11(3)27-18-23-22-17(21)28-18)10(2)24(9)12-4-6-13(7-5-12)26-16(19)20/h4-8,11,16H,1-3H3,(H2,21,22). The fraction of sp³-hybridized carbons (Fsp3) is 0.278. The quantitative estimate of drug-likeness (QED) is 0.444. The number of nitrogens with two attached hydrogens (primary N) is 1. The van der Waals surface area contributed by atoms with Gasteiger partial charge in [-0.15, -0.1) is 10.2 Å². The number of hydrogen-bond donors (Lipinski definition) is 1. The van der Waals surface area contributed by atoms with E-state index in [9.17, 15) is 13.6 Å². The molecule has 0 aliphatic heterocycles. The molecule has 0 spiro atoms. The van der Waals surface area contributed by atoms with E-state index in [1.807, 2.05) is 31.4 Å². The predicted molar refractivity (Wildman–Crippen MR) is 106 cm³/mol. The lowest BCUT2D eigenvalue weighted by Crippen LogP contribution is -2.14. The summed E-state index contributed by atoms with van der Waals surface area (Å²) < 4.78 is 31.6. The third kappa shape index (κ3) is 4.33. The average Bonchev–Trinajstić information content (AvgIpc) is 3.17. The number of ether oxygens (including phenoxy) is 1. The van der Waals surface area contributed by atoms with Crippen LogP contribution < -0.4 is 10.5 Å². The summed E-state index contributed by atoms with van der Waals surface area (Å²) in [4.78, 5) is 12.9. The molecule has 3 rings (SSSR count). The van der Waals surface area contributed by atoms with E-state index in [-0.39, 0.29) is 16.8 Å². The van der Waals surface area contributed by atoms with Crippen LogP contribution in [0.15, 0.2) is 34.7 Å². The molecule has 3 aromatic rings. The predicted octanol–water partition coefficient (Wildman–Crippen LogP) is 4.49. The number of rotatable bonds is 7. The van der Waals surface area contributed by atoms with Crippen molar-refractivity contribution in [3.63, 3.8) is 0 Å².